The number of carbonyl (C=O) groups is 2. The zero-order valence-electron chi connectivity index (χ0n) is 17.7. The first-order valence-corrected chi connectivity index (χ1v) is 9.60. The van der Waals surface area contributed by atoms with Gasteiger partial charge in [-0.25, -0.2) is 4.79 Å². The molecule has 0 aromatic carbocycles. The third-order valence-corrected chi connectivity index (χ3v) is 5.16. The maximum Gasteiger partial charge on any atom is 0.490 e. The number of ether oxygens (including phenoxy) is 1. The Morgan fingerprint density at radius 3 is 2.30 bits per heavy atom. The molecule has 27 heavy (non-hydrogen) atoms. The van der Waals surface area contributed by atoms with E-state index in [9.17, 15) is 9.59 Å². The molecule has 0 aromatic heterocycles. The van der Waals surface area contributed by atoms with Crippen molar-refractivity contribution in [2.45, 2.75) is 78.1 Å². The molecular weight excluding hydrogens is 347 g/mol. The zero-order valence-corrected chi connectivity index (χ0v) is 17.7. The highest BCUT2D eigenvalue weighted by molar-refractivity contribution is 6.54. The van der Waals surface area contributed by atoms with Gasteiger partial charge in [0.1, 0.15) is 5.60 Å². The fourth-order valence-electron chi connectivity index (χ4n) is 2.86. The van der Waals surface area contributed by atoms with Crippen LogP contribution < -0.4 is 5.32 Å². The predicted octanol–water partition coefficient (Wildman–Crippen LogP) is 2.69. The van der Waals surface area contributed by atoms with Crippen LogP contribution in [0.1, 0.15) is 61.3 Å². The van der Waals surface area contributed by atoms with Gasteiger partial charge in [0.25, 0.3) is 0 Å². The Morgan fingerprint density at radius 2 is 1.81 bits per heavy atom. The van der Waals surface area contributed by atoms with Gasteiger partial charge in [-0.3, -0.25) is 4.79 Å². The number of amides is 2. The van der Waals surface area contributed by atoms with Gasteiger partial charge in [-0.15, -0.1) is 0 Å². The van der Waals surface area contributed by atoms with Crippen molar-refractivity contribution < 1.29 is 23.6 Å². The number of hydrogen-bond donors (Lipinski definition) is 1. The van der Waals surface area contributed by atoms with Crippen LogP contribution in [-0.2, 0) is 18.8 Å². The van der Waals surface area contributed by atoms with Gasteiger partial charge in [0.05, 0.1) is 11.2 Å². The van der Waals surface area contributed by atoms with Crippen molar-refractivity contribution in [1.82, 2.24) is 10.2 Å². The maximum absolute atomic E-state index is 12.3. The highest BCUT2D eigenvalue weighted by Crippen LogP contribution is 2.39. The third-order valence-electron chi connectivity index (χ3n) is 5.16. The number of carbonyl (C=O) groups excluding carboxylic acids is 2. The van der Waals surface area contributed by atoms with E-state index >= 15 is 0 Å². The highest BCUT2D eigenvalue weighted by atomic mass is 16.7. The second-order valence-electron chi connectivity index (χ2n) is 9.14. The van der Waals surface area contributed by atoms with E-state index in [2.05, 4.69) is 5.32 Å². The topological polar surface area (TPSA) is 77.1 Å². The summed E-state index contributed by atoms with van der Waals surface area (Å²) in [6.45, 7) is 15.0. The fraction of sp³-hybridized carbons (Fsp3) is 0.789. The lowest BCUT2D eigenvalue weighted by Crippen LogP contribution is -2.41. The molecule has 1 fully saturated rings. The summed E-state index contributed by atoms with van der Waals surface area (Å²) in [5, 5.41) is 2.62. The molecule has 0 radical (unpaired) electrons. The quantitative estimate of drug-likeness (QED) is 0.759. The summed E-state index contributed by atoms with van der Waals surface area (Å²) >= 11 is 0. The summed E-state index contributed by atoms with van der Waals surface area (Å²) in [7, 11) is -0.346. The van der Waals surface area contributed by atoms with Gasteiger partial charge < -0.3 is 24.3 Å². The Bertz CT molecular complexity index is 594. The number of alkyl carbamates (subject to hydrolysis) is 1. The minimum Gasteiger partial charge on any atom is -0.444 e. The van der Waals surface area contributed by atoms with Gasteiger partial charge in [-0.1, -0.05) is 6.08 Å². The molecule has 2 heterocycles. The number of hydrogen-bond acceptors (Lipinski definition) is 5. The van der Waals surface area contributed by atoms with E-state index in [1.54, 1.807) is 25.7 Å². The van der Waals surface area contributed by atoms with Crippen LogP contribution in [0.2, 0.25) is 0 Å². The largest absolute Gasteiger partial charge is 0.490 e. The van der Waals surface area contributed by atoms with Crippen LogP contribution in [0, 0.1) is 0 Å². The van der Waals surface area contributed by atoms with Gasteiger partial charge >= 0.3 is 13.2 Å². The standard InChI is InChI=1S/C19H33BN2O5/c1-17(2,3)25-16(24)21-11-8-15(23)22-12-9-14(10-13-22)20-26-18(4,5)19(6,7)27-20/h9H,8,10-13H2,1-7H3,(H,21,24). The summed E-state index contributed by atoms with van der Waals surface area (Å²) in [5.74, 6) is 0.00952. The van der Waals surface area contributed by atoms with Crippen LogP contribution in [0.5, 0.6) is 0 Å². The third kappa shape index (κ3) is 5.72. The van der Waals surface area contributed by atoms with E-state index in [4.69, 9.17) is 14.0 Å². The monoisotopic (exact) mass is 380 g/mol. The van der Waals surface area contributed by atoms with Crippen molar-refractivity contribution in [3.05, 3.63) is 11.5 Å². The smallest absolute Gasteiger partial charge is 0.444 e. The molecule has 0 spiro atoms. The molecule has 2 aliphatic heterocycles. The van der Waals surface area contributed by atoms with Crippen molar-refractivity contribution in [1.29, 1.82) is 0 Å². The summed E-state index contributed by atoms with van der Waals surface area (Å²) in [6.07, 6.45) is 2.49. The molecule has 0 aromatic rings. The Balaban J connectivity index is 1.78. The molecular formula is C19H33BN2O5. The van der Waals surface area contributed by atoms with Crippen LogP contribution in [0.25, 0.3) is 0 Å². The summed E-state index contributed by atoms with van der Waals surface area (Å²) in [5.41, 5.74) is -0.183. The molecule has 0 atom stereocenters. The van der Waals surface area contributed by atoms with Crippen LogP contribution in [0.3, 0.4) is 0 Å². The lowest BCUT2D eigenvalue weighted by molar-refractivity contribution is -0.130. The van der Waals surface area contributed by atoms with Gasteiger partial charge in [0.15, 0.2) is 0 Å². The Labute approximate surface area is 162 Å². The van der Waals surface area contributed by atoms with E-state index in [0.717, 1.165) is 11.9 Å². The van der Waals surface area contributed by atoms with Crippen molar-refractivity contribution >= 4 is 19.1 Å². The zero-order chi connectivity index (χ0) is 20.5. The van der Waals surface area contributed by atoms with E-state index < -0.39 is 11.7 Å². The number of nitrogens with one attached hydrogen (secondary N) is 1. The van der Waals surface area contributed by atoms with Crippen LogP contribution in [-0.4, -0.2) is 60.5 Å². The average molecular weight is 380 g/mol. The number of nitrogens with zero attached hydrogens (tertiary/aromatic N) is 1. The predicted molar refractivity (Wildman–Crippen MR) is 104 cm³/mol. The van der Waals surface area contributed by atoms with Crippen molar-refractivity contribution in [2.75, 3.05) is 19.6 Å². The minimum atomic E-state index is -0.546. The number of rotatable bonds is 4. The van der Waals surface area contributed by atoms with Gasteiger partial charge in [-0.05, 0) is 60.4 Å². The van der Waals surface area contributed by atoms with Gasteiger partial charge in [0, 0.05) is 26.1 Å². The lowest BCUT2D eigenvalue weighted by Gasteiger charge is -2.32. The fourth-order valence-corrected chi connectivity index (χ4v) is 2.86. The SMILES string of the molecule is CC(C)(C)OC(=O)NCCC(=O)N1CC=C(B2OC(C)(C)C(C)(C)O2)CC1. The Hall–Kier alpha value is -1.54. The minimum absolute atomic E-state index is 0.00952. The molecule has 1 saturated heterocycles. The second kappa shape index (κ2) is 7.83. The van der Waals surface area contributed by atoms with E-state index in [0.29, 0.717) is 13.1 Å². The van der Waals surface area contributed by atoms with Crippen molar-refractivity contribution in [3.8, 4) is 0 Å². The lowest BCUT2D eigenvalue weighted by atomic mass is 9.74. The normalized spacial score (nSPS) is 21.7. The van der Waals surface area contributed by atoms with E-state index in [1.807, 2.05) is 33.8 Å². The van der Waals surface area contributed by atoms with Crippen LogP contribution >= 0.6 is 0 Å². The first-order chi connectivity index (χ1) is 12.3. The molecule has 8 heteroatoms. The molecule has 0 saturated carbocycles. The summed E-state index contributed by atoms with van der Waals surface area (Å²) in [6, 6.07) is 0. The molecule has 0 aliphatic carbocycles. The molecule has 152 valence electrons. The van der Waals surface area contributed by atoms with E-state index in [1.165, 1.54) is 0 Å². The molecule has 2 amide bonds. The van der Waals surface area contributed by atoms with Crippen molar-refractivity contribution in [3.63, 3.8) is 0 Å². The summed E-state index contributed by atoms with van der Waals surface area (Å²) < 4.78 is 17.3. The molecule has 7 nitrogen and oxygen atoms in total. The summed E-state index contributed by atoms with van der Waals surface area (Å²) in [4.78, 5) is 25.7. The van der Waals surface area contributed by atoms with E-state index in [-0.39, 0.29) is 37.2 Å². The molecule has 2 rings (SSSR count). The van der Waals surface area contributed by atoms with Gasteiger partial charge in [0.2, 0.25) is 5.91 Å². The van der Waals surface area contributed by atoms with Crippen molar-refractivity contribution in [2.24, 2.45) is 0 Å². The molecule has 0 unspecified atom stereocenters. The Morgan fingerprint density at radius 1 is 1.22 bits per heavy atom. The average Bonchev–Trinajstić information content (AvgIpc) is 2.73. The molecule has 1 N–H and O–H groups in total. The first kappa shape index (κ1) is 21.8. The van der Waals surface area contributed by atoms with Crippen LogP contribution in [0.4, 0.5) is 4.79 Å². The van der Waals surface area contributed by atoms with Crippen LogP contribution in [0.15, 0.2) is 11.5 Å². The first-order valence-electron chi connectivity index (χ1n) is 9.60. The molecule has 2 aliphatic rings. The molecule has 0 bridgehead atoms. The van der Waals surface area contributed by atoms with Gasteiger partial charge in [-0.2, -0.15) is 0 Å². The second-order valence-corrected chi connectivity index (χ2v) is 9.14. The Kier molecular flexibility index (Phi) is 6.31. The maximum atomic E-state index is 12.3. The highest BCUT2D eigenvalue weighted by Gasteiger charge is 2.52.